The third-order valence-electron chi connectivity index (χ3n) is 5.19. The highest BCUT2D eigenvalue weighted by molar-refractivity contribution is 7.16. The molecule has 0 saturated carbocycles. The van der Waals surface area contributed by atoms with Crippen LogP contribution in [0.5, 0.6) is 0 Å². The van der Waals surface area contributed by atoms with Crippen LogP contribution in [-0.4, -0.2) is 42.0 Å². The maximum Gasteiger partial charge on any atom is 0.439 e. The largest absolute Gasteiger partial charge is 0.465 e. The van der Waals surface area contributed by atoms with E-state index in [1.54, 1.807) is 0 Å². The number of methoxy groups -OCH3 is 1. The van der Waals surface area contributed by atoms with Gasteiger partial charge in [-0.3, -0.25) is 9.78 Å². The number of nitrogens with one attached hydrogen (secondary N) is 2. The van der Waals surface area contributed by atoms with Gasteiger partial charge in [-0.25, -0.2) is 4.79 Å². The number of alkyl halides is 6. The number of carbonyl (C=O) groups is 2. The Kier molecular flexibility index (Phi) is 6.91. The van der Waals surface area contributed by atoms with Crippen molar-refractivity contribution in [3.8, 4) is 0 Å². The van der Waals surface area contributed by atoms with E-state index in [-0.39, 0.29) is 5.56 Å². The molecule has 1 aliphatic rings. The van der Waals surface area contributed by atoms with Crippen molar-refractivity contribution >= 4 is 28.2 Å². The fourth-order valence-corrected chi connectivity index (χ4v) is 4.87. The summed E-state index contributed by atoms with van der Waals surface area (Å²) in [6, 6.07) is 2.21. The molecule has 0 aliphatic heterocycles. The van der Waals surface area contributed by atoms with Gasteiger partial charge in [-0.05, 0) is 43.4 Å². The monoisotopic (exact) mass is 495 g/mol. The van der Waals surface area contributed by atoms with E-state index in [9.17, 15) is 35.9 Å². The van der Waals surface area contributed by atoms with Gasteiger partial charge in [0.1, 0.15) is 5.00 Å². The summed E-state index contributed by atoms with van der Waals surface area (Å²) in [6.07, 6.45) is -7.21. The molecule has 0 spiro atoms. The number of esters is 1. The minimum Gasteiger partial charge on any atom is -0.465 e. The van der Waals surface area contributed by atoms with Crippen molar-refractivity contribution in [2.45, 2.75) is 50.1 Å². The van der Waals surface area contributed by atoms with Crippen LogP contribution in [0.2, 0.25) is 0 Å². The van der Waals surface area contributed by atoms with Crippen LogP contribution in [0.1, 0.15) is 50.4 Å². The molecule has 2 aromatic heterocycles. The number of ether oxygens (including phenoxy) is 1. The van der Waals surface area contributed by atoms with Gasteiger partial charge >= 0.3 is 24.0 Å². The average molecular weight is 495 g/mol. The van der Waals surface area contributed by atoms with Gasteiger partial charge in [-0.15, -0.1) is 11.3 Å². The lowest BCUT2D eigenvalue weighted by Gasteiger charge is -2.38. The van der Waals surface area contributed by atoms with Gasteiger partial charge in [0.15, 0.2) is 0 Å². The fraction of sp³-hybridized carbons (Fsp3) is 0.450. The Balaban J connectivity index is 2.15. The minimum atomic E-state index is -6.03. The lowest BCUT2D eigenvalue weighted by Crippen LogP contribution is -2.72. The Morgan fingerprint density at radius 2 is 1.73 bits per heavy atom. The molecule has 2 aromatic rings. The van der Waals surface area contributed by atoms with E-state index in [2.05, 4.69) is 9.72 Å². The highest BCUT2D eigenvalue weighted by atomic mass is 32.1. The molecule has 6 nitrogen and oxygen atoms in total. The average Bonchev–Trinajstić information content (AvgIpc) is 2.91. The van der Waals surface area contributed by atoms with E-state index in [0.29, 0.717) is 47.5 Å². The molecular formula is C20H19F6N3O3S. The van der Waals surface area contributed by atoms with Crippen molar-refractivity contribution in [1.82, 2.24) is 10.3 Å². The van der Waals surface area contributed by atoms with E-state index in [1.165, 1.54) is 17.6 Å². The standard InChI is InChI=1S/C20H19F6N3O3S/c1-32-17(31)14-12-7-3-2-4-8-13(12)33-16(14)29-18(19(21,22)23,20(24,25)26)28-15(30)11-6-5-9-27-10-11/h5-6,9-10,29H,2-4,7-8H2,1H3,(H,28,30). The summed E-state index contributed by atoms with van der Waals surface area (Å²) in [6.45, 7) is 0. The first-order chi connectivity index (χ1) is 15.4. The quantitative estimate of drug-likeness (QED) is 0.268. The minimum absolute atomic E-state index is 0.311. The summed E-state index contributed by atoms with van der Waals surface area (Å²) in [5, 5.41) is 1.85. The number of anilines is 1. The number of carbonyl (C=O) groups excluding carboxylic acids is 2. The van der Waals surface area contributed by atoms with Crippen molar-refractivity contribution in [3.63, 3.8) is 0 Å². The highest BCUT2D eigenvalue weighted by Gasteiger charge is 2.73. The highest BCUT2D eigenvalue weighted by Crippen LogP contribution is 2.47. The zero-order chi connectivity index (χ0) is 24.4. The van der Waals surface area contributed by atoms with Crippen LogP contribution in [-0.2, 0) is 17.6 Å². The van der Waals surface area contributed by atoms with Gasteiger partial charge in [-0.2, -0.15) is 26.3 Å². The molecule has 0 unspecified atom stereocenters. The predicted octanol–water partition coefficient (Wildman–Crippen LogP) is 4.86. The van der Waals surface area contributed by atoms with Crippen LogP contribution in [0, 0.1) is 0 Å². The van der Waals surface area contributed by atoms with Crippen LogP contribution in [0.25, 0.3) is 0 Å². The van der Waals surface area contributed by atoms with E-state index >= 15 is 0 Å². The summed E-state index contributed by atoms with van der Waals surface area (Å²) >= 11 is 0.625. The maximum absolute atomic E-state index is 14.1. The Hall–Kier alpha value is -2.83. The van der Waals surface area contributed by atoms with Crippen LogP contribution in [0.3, 0.4) is 0 Å². The van der Waals surface area contributed by atoms with Crippen molar-refractivity contribution in [2.24, 2.45) is 0 Å². The van der Waals surface area contributed by atoms with Gasteiger partial charge in [-0.1, -0.05) is 6.42 Å². The third kappa shape index (κ3) is 4.77. The van der Waals surface area contributed by atoms with E-state index in [4.69, 9.17) is 0 Å². The molecule has 180 valence electrons. The fourth-order valence-electron chi connectivity index (χ4n) is 3.53. The first-order valence-corrected chi connectivity index (χ1v) is 10.6. The second-order valence-corrected chi connectivity index (χ2v) is 8.43. The molecule has 1 amide bonds. The topological polar surface area (TPSA) is 80.3 Å². The molecule has 0 atom stereocenters. The van der Waals surface area contributed by atoms with Crippen molar-refractivity contribution in [2.75, 3.05) is 12.4 Å². The molecule has 3 rings (SSSR count). The molecule has 13 heteroatoms. The number of nitrogens with zero attached hydrogens (tertiary/aromatic N) is 1. The molecule has 1 aliphatic carbocycles. The van der Waals surface area contributed by atoms with Gasteiger partial charge in [0.2, 0.25) is 0 Å². The lowest BCUT2D eigenvalue weighted by atomic mass is 10.0. The zero-order valence-electron chi connectivity index (χ0n) is 17.2. The lowest BCUT2D eigenvalue weighted by molar-refractivity contribution is -0.293. The van der Waals surface area contributed by atoms with Gasteiger partial charge in [0, 0.05) is 17.3 Å². The van der Waals surface area contributed by atoms with Gasteiger partial charge < -0.3 is 15.4 Å². The molecule has 2 N–H and O–H groups in total. The SMILES string of the molecule is COC(=O)c1c(NC(NC(=O)c2cccnc2)(C(F)(F)F)C(F)(F)F)sc2c1CCCCC2. The number of halogens is 6. The molecule has 2 heterocycles. The van der Waals surface area contributed by atoms with Gasteiger partial charge in [0.05, 0.1) is 18.2 Å². The summed E-state index contributed by atoms with van der Waals surface area (Å²) in [4.78, 5) is 28.8. The van der Waals surface area contributed by atoms with E-state index < -0.39 is 40.5 Å². The Bertz CT molecular complexity index is 1010. The number of aromatic nitrogens is 1. The molecule has 0 radical (unpaired) electrons. The first kappa shape index (κ1) is 24.8. The number of hydrogen-bond donors (Lipinski definition) is 2. The molecule has 33 heavy (non-hydrogen) atoms. The number of thiophene rings is 1. The van der Waals surface area contributed by atoms with Crippen LogP contribution in [0.4, 0.5) is 31.3 Å². The normalized spacial score (nSPS) is 14.8. The third-order valence-corrected chi connectivity index (χ3v) is 6.39. The number of rotatable bonds is 5. The predicted molar refractivity (Wildman–Crippen MR) is 107 cm³/mol. The second kappa shape index (κ2) is 9.20. The Morgan fingerprint density at radius 3 is 2.30 bits per heavy atom. The van der Waals surface area contributed by atoms with E-state index in [0.717, 1.165) is 31.1 Å². The maximum atomic E-state index is 14.1. The summed E-state index contributed by atoms with van der Waals surface area (Å²) in [7, 11) is 0.984. The Morgan fingerprint density at radius 1 is 1.06 bits per heavy atom. The first-order valence-electron chi connectivity index (χ1n) is 9.78. The number of hydrogen-bond acceptors (Lipinski definition) is 6. The molecule has 0 aromatic carbocycles. The summed E-state index contributed by atoms with van der Waals surface area (Å²) in [5.41, 5.74) is -5.40. The zero-order valence-corrected chi connectivity index (χ0v) is 18.0. The molecular weight excluding hydrogens is 476 g/mol. The van der Waals surface area contributed by atoms with Crippen molar-refractivity contribution < 1.29 is 40.7 Å². The van der Waals surface area contributed by atoms with Crippen LogP contribution >= 0.6 is 11.3 Å². The van der Waals surface area contributed by atoms with Gasteiger partial charge in [0.25, 0.3) is 5.91 Å². The van der Waals surface area contributed by atoms with Crippen LogP contribution < -0.4 is 10.6 Å². The summed E-state index contributed by atoms with van der Waals surface area (Å²) in [5.74, 6) is -2.71. The van der Waals surface area contributed by atoms with E-state index in [1.807, 2.05) is 0 Å². The second-order valence-electron chi connectivity index (χ2n) is 7.33. The number of pyridine rings is 1. The van der Waals surface area contributed by atoms with Crippen molar-refractivity contribution in [3.05, 3.63) is 46.1 Å². The smallest absolute Gasteiger partial charge is 0.439 e. The van der Waals surface area contributed by atoms with Crippen molar-refractivity contribution in [1.29, 1.82) is 0 Å². The number of fused-ring (bicyclic) bond motifs is 1. The molecule has 0 bridgehead atoms. The Labute approximate surface area is 188 Å². The summed E-state index contributed by atoms with van der Waals surface area (Å²) < 4.78 is 89.1. The van der Waals surface area contributed by atoms with Crippen LogP contribution in [0.15, 0.2) is 24.5 Å². The molecule has 0 fully saturated rings. The molecule has 0 saturated heterocycles. The number of amides is 1. The number of aryl methyl sites for hydroxylation is 1.